The van der Waals surface area contributed by atoms with Gasteiger partial charge in [-0.2, -0.15) is 0 Å². The van der Waals surface area contributed by atoms with Gasteiger partial charge in [-0.05, 0) is 30.0 Å². The number of hydrogen-bond donors (Lipinski definition) is 0. The van der Waals surface area contributed by atoms with Crippen LogP contribution in [0.5, 0.6) is 0 Å². The number of aryl methyl sites for hydroxylation is 1. The van der Waals surface area contributed by atoms with Gasteiger partial charge in [-0.1, -0.05) is 49.9 Å². The predicted molar refractivity (Wildman–Crippen MR) is 59.7 cm³/mol. The van der Waals surface area contributed by atoms with Crippen molar-refractivity contribution in [3.63, 3.8) is 0 Å². The molecule has 1 aromatic carbocycles. The van der Waals surface area contributed by atoms with Gasteiger partial charge in [0.1, 0.15) is 0 Å². The third-order valence-corrected chi connectivity index (χ3v) is 2.24. The molecule has 0 aromatic heterocycles. The van der Waals surface area contributed by atoms with Crippen LogP contribution in [0.4, 0.5) is 0 Å². The van der Waals surface area contributed by atoms with Crippen molar-refractivity contribution >= 4 is 5.57 Å². The van der Waals surface area contributed by atoms with Gasteiger partial charge in [-0.3, -0.25) is 0 Å². The summed E-state index contributed by atoms with van der Waals surface area (Å²) in [6.45, 7) is 8.04. The Hall–Kier alpha value is -1.30. The summed E-state index contributed by atoms with van der Waals surface area (Å²) in [5.74, 6) is 0. The summed E-state index contributed by atoms with van der Waals surface area (Å²) in [5.41, 5.74) is 3.91. The predicted octanol–water partition coefficient (Wildman–Crippen LogP) is 3.84. The molecule has 0 nitrogen and oxygen atoms in total. The Balaban J connectivity index is 3.19. The number of allylic oxidation sites excluding steroid dienone is 3. The van der Waals surface area contributed by atoms with Crippen molar-refractivity contribution in [3.8, 4) is 0 Å². The molecule has 0 amide bonds. The average molecular weight is 172 g/mol. The molecule has 0 aliphatic rings. The first-order valence-corrected chi connectivity index (χ1v) is 4.70. The summed E-state index contributed by atoms with van der Waals surface area (Å²) in [4.78, 5) is 0. The summed E-state index contributed by atoms with van der Waals surface area (Å²) in [7, 11) is 0. The Bertz CT molecular complexity index is 319. The molecular weight excluding hydrogens is 156 g/mol. The lowest BCUT2D eigenvalue weighted by Gasteiger charge is -2.07. The van der Waals surface area contributed by atoms with E-state index >= 15 is 0 Å². The molecule has 0 heterocycles. The highest BCUT2D eigenvalue weighted by Crippen LogP contribution is 2.20. The molecule has 0 spiro atoms. The maximum absolute atomic E-state index is 3.82. The fraction of sp³-hybridized carbons (Fsp3) is 0.231. The Labute approximate surface area is 80.6 Å². The Morgan fingerprint density at radius 1 is 1.38 bits per heavy atom. The fourth-order valence-electron chi connectivity index (χ4n) is 1.49. The Morgan fingerprint density at radius 3 is 2.62 bits per heavy atom. The van der Waals surface area contributed by atoms with Gasteiger partial charge in [-0.25, -0.2) is 0 Å². The molecule has 0 saturated heterocycles. The molecule has 68 valence electrons. The van der Waals surface area contributed by atoms with Crippen LogP contribution >= 0.6 is 0 Å². The molecular formula is C13H16. The summed E-state index contributed by atoms with van der Waals surface area (Å²) in [5, 5.41) is 0. The Kier molecular flexibility index (Phi) is 3.51. The summed E-state index contributed by atoms with van der Waals surface area (Å²) < 4.78 is 0. The molecule has 0 atom stereocenters. The molecule has 0 unspecified atom stereocenters. The first-order valence-electron chi connectivity index (χ1n) is 4.70. The van der Waals surface area contributed by atoms with E-state index in [4.69, 9.17) is 0 Å². The standard InChI is InChI=1S/C13H16/c1-4-11(5-2)13-10-8-7-9-12(13)6-3/h4-5,7-10H,1,6H2,2-3H3/b11-5+. The van der Waals surface area contributed by atoms with Crippen LogP contribution in [0.25, 0.3) is 5.57 Å². The molecule has 0 fully saturated rings. The molecule has 0 saturated carbocycles. The van der Waals surface area contributed by atoms with E-state index in [1.807, 2.05) is 13.0 Å². The smallest absolute Gasteiger partial charge is 0.0156 e. The molecule has 0 aliphatic heterocycles. The zero-order valence-corrected chi connectivity index (χ0v) is 8.38. The van der Waals surface area contributed by atoms with Gasteiger partial charge in [0, 0.05) is 0 Å². The minimum atomic E-state index is 1.07. The van der Waals surface area contributed by atoms with Crippen molar-refractivity contribution in [1.29, 1.82) is 0 Å². The van der Waals surface area contributed by atoms with Crippen LogP contribution in [0.3, 0.4) is 0 Å². The largest absolute Gasteiger partial charge is 0.0985 e. The lowest BCUT2D eigenvalue weighted by atomic mass is 9.98. The van der Waals surface area contributed by atoms with E-state index in [1.54, 1.807) is 0 Å². The minimum Gasteiger partial charge on any atom is -0.0985 e. The number of benzene rings is 1. The van der Waals surface area contributed by atoms with Crippen LogP contribution in [0.1, 0.15) is 25.0 Å². The molecule has 13 heavy (non-hydrogen) atoms. The van der Waals surface area contributed by atoms with Gasteiger partial charge in [0.15, 0.2) is 0 Å². The molecule has 1 aromatic rings. The highest BCUT2D eigenvalue weighted by atomic mass is 14.1. The normalized spacial score (nSPS) is 11.4. The van der Waals surface area contributed by atoms with Crippen LogP contribution in [0.2, 0.25) is 0 Å². The second kappa shape index (κ2) is 4.66. The quantitative estimate of drug-likeness (QED) is 0.608. The third kappa shape index (κ3) is 2.09. The lowest BCUT2D eigenvalue weighted by Crippen LogP contribution is -1.89. The number of hydrogen-bond acceptors (Lipinski definition) is 0. The lowest BCUT2D eigenvalue weighted by molar-refractivity contribution is 1.13. The van der Waals surface area contributed by atoms with E-state index in [2.05, 4.69) is 43.8 Å². The molecule has 0 N–H and O–H groups in total. The molecule has 1 rings (SSSR count). The molecule has 0 heteroatoms. The van der Waals surface area contributed by atoms with Crippen molar-refractivity contribution in [2.24, 2.45) is 0 Å². The van der Waals surface area contributed by atoms with Crippen LogP contribution in [-0.4, -0.2) is 0 Å². The van der Waals surface area contributed by atoms with E-state index < -0.39 is 0 Å². The molecule has 0 aliphatic carbocycles. The zero-order valence-electron chi connectivity index (χ0n) is 8.38. The second-order valence-corrected chi connectivity index (χ2v) is 2.96. The van der Waals surface area contributed by atoms with Gasteiger partial charge in [0.2, 0.25) is 0 Å². The second-order valence-electron chi connectivity index (χ2n) is 2.96. The summed E-state index contributed by atoms with van der Waals surface area (Å²) >= 11 is 0. The first-order chi connectivity index (χ1) is 6.33. The van der Waals surface area contributed by atoms with E-state index in [1.165, 1.54) is 16.7 Å². The van der Waals surface area contributed by atoms with Gasteiger partial charge >= 0.3 is 0 Å². The van der Waals surface area contributed by atoms with E-state index in [-0.39, 0.29) is 0 Å². The maximum Gasteiger partial charge on any atom is -0.0156 e. The zero-order chi connectivity index (χ0) is 9.68. The highest BCUT2D eigenvalue weighted by Gasteiger charge is 2.00. The fourth-order valence-corrected chi connectivity index (χ4v) is 1.49. The van der Waals surface area contributed by atoms with Crippen LogP contribution in [0.15, 0.2) is 43.0 Å². The van der Waals surface area contributed by atoms with Crippen molar-refractivity contribution in [2.75, 3.05) is 0 Å². The topological polar surface area (TPSA) is 0 Å². The van der Waals surface area contributed by atoms with E-state index in [0.29, 0.717) is 0 Å². The van der Waals surface area contributed by atoms with Gasteiger partial charge in [0.05, 0.1) is 0 Å². The Morgan fingerprint density at radius 2 is 2.08 bits per heavy atom. The van der Waals surface area contributed by atoms with E-state index in [0.717, 1.165) is 6.42 Å². The van der Waals surface area contributed by atoms with Crippen molar-refractivity contribution < 1.29 is 0 Å². The van der Waals surface area contributed by atoms with Gasteiger partial charge in [0.25, 0.3) is 0 Å². The van der Waals surface area contributed by atoms with Crippen LogP contribution in [0, 0.1) is 0 Å². The monoisotopic (exact) mass is 172 g/mol. The molecule has 0 bridgehead atoms. The van der Waals surface area contributed by atoms with Crippen molar-refractivity contribution in [2.45, 2.75) is 20.3 Å². The van der Waals surface area contributed by atoms with Crippen LogP contribution < -0.4 is 0 Å². The van der Waals surface area contributed by atoms with Gasteiger partial charge in [-0.15, -0.1) is 0 Å². The van der Waals surface area contributed by atoms with Crippen molar-refractivity contribution in [1.82, 2.24) is 0 Å². The number of rotatable bonds is 3. The molecule has 0 radical (unpaired) electrons. The van der Waals surface area contributed by atoms with E-state index in [9.17, 15) is 0 Å². The SMILES string of the molecule is C=C/C(=C\C)c1ccccc1CC. The van der Waals surface area contributed by atoms with Gasteiger partial charge < -0.3 is 0 Å². The first kappa shape index (κ1) is 9.79. The third-order valence-electron chi connectivity index (χ3n) is 2.24. The average Bonchev–Trinajstić information content (AvgIpc) is 2.20. The van der Waals surface area contributed by atoms with Crippen molar-refractivity contribution in [3.05, 3.63) is 54.1 Å². The summed E-state index contributed by atoms with van der Waals surface area (Å²) in [6, 6.07) is 8.47. The van der Waals surface area contributed by atoms with Crippen LogP contribution in [-0.2, 0) is 6.42 Å². The highest BCUT2D eigenvalue weighted by molar-refractivity contribution is 5.75. The summed E-state index contributed by atoms with van der Waals surface area (Å²) in [6.07, 6.45) is 5.08. The maximum atomic E-state index is 3.82. The minimum absolute atomic E-state index is 1.07.